The molecule has 0 fully saturated rings. The zero-order valence-electron chi connectivity index (χ0n) is 19.3. The normalized spacial score (nSPS) is 13.9. The van der Waals surface area contributed by atoms with Crippen LogP contribution in [0.2, 0.25) is 0 Å². The molecule has 2 aromatic rings. The number of para-hydroxylation sites is 1. The summed E-state index contributed by atoms with van der Waals surface area (Å²) in [5, 5.41) is 6.22. The molecule has 1 aromatic carbocycles. The molecule has 1 aromatic heterocycles. The smallest absolute Gasteiger partial charge is 0.408 e. The molecule has 8 nitrogen and oxygen atoms in total. The molecule has 0 radical (unpaired) electrons. The van der Waals surface area contributed by atoms with Gasteiger partial charge in [-0.1, -0.05) is 18.2 Å². The van der Waals surface area contributed by atoms with Gasteiger partial charge in [-0.3, -0.25) is 4.79 Å². The van der Waals surface area contributed by atoms with Gasteiger partial charge in [0.2, 0.25) is 5.91 Å². The fourth-order valence-electron chi connectivity index (χ4n) is 2.94. The van der Waals surface area contributed by atoms with Gasteiger partial charge in [0.15, 0.2) is 0 Å². The first-order valence-electron chi connectivity index (χ1n) is 10.3. The van der Waals surface area contributed by atoms with E-state index >= 15 is 0 Å². The molecular weight excluding hydrogens is 398 g/mol. The summed E-state index contributed by atoms with van der Waals surface area (Å²) in [5.41, 5.74) is 0.400. The molecule has 2 unspecified atom stereocenters. The Morgan fingerprint density at radius 2 is 1.58 bits per heavy atom. The van der Waals surface area contributed by atoms with Crippen molar-refractivity contribution in [2.75, 3.05) is 0 Å². The summed E-state index contributed by atoms with van der Waals surface area (Å²) >= 11 is 0. The Hall–Kier alpha value is -3.03. The van der Waals surface area contributed by atoms with Crippen molar-refractivity contribution in [2.24, 2.45) is 0 Å². The maximum Gasteiger partial charge on any atom is 0.408 e. The Kier molecular flexibility index (Phi) is 7.36. The predicted molar refractivity (Wildman–Crippen MR) is 119 cm³/mol. The lowest BCUT2D eigenvalue weighted by Gasteiger charge is -2.25. The Bertz CT molecular complexity index is 937. The van der Waals surface area contributed by atoms with Crippen LogP contribution in [0.25, 0.3) is 10.9 Å². The average molecular weight is 432 g/mol. The minimum atomic E-state index is -0.945. The van der Waals surface area contributed by atoms with Crippen LogP contribution in [0.4, 0.5) is 4.79 Å². The molecule has 2 rings (SSSR count). The number of alkyl carbamates (subject to hydrolysis) is 1. The molecule has 8 heteroatoms. The first-order valence-corrected chi connectivity index (χ1v) is 10.3. The van der Waals surface area contributed by atoms with Crippen molar-refractivity contribution < 1.29 is 23.9 Å². The zero-order chi connectivity index (χ0) is 23.4. The molecule has 0 saturated carbocycles. The molecule has 0 spiro atoms. The maximum atomic E-state index is 13.0. The summed E-state index contributed by atoms with van der Waals surface area (Å²) in [6, 6.07) is 5.86. The highest BCUT2D eigenvalue weighted by molar-refractivity contribution is 5.91. The fraction of sp³-hybridized carbons (Fsp3) is 0.522. The van der Waals surface area contributed by atoms with Gasteiger partial charge in [-0.05, 0) is 60.1 Å². The van der Waals surface area contributed by atoms with Crippen LogP contribution in [0.15, 0.2) is 30.5 Å². The number of aromatic amines is 1. The van der Waals surface area contributed by atoms with Crippen molar-refractivity contribution in [1.29, 1.82) is 0 Å². The second-order valence-corrected chi connectivity index (χ2v) is 9.53. The van der Waals surface area contributed by atoms with E-state index < -0.39 is 41.3 Å². The monoisotopic (exact) mass is 431 g/mol. The topological polar surface area (TPSA) is 110 Å². The summed E-state index contributed by atoms with van der Waals surface area (Å²) in [7, 11) is 0. The molecule has 2 amide bonds. The number of carbonyl (C=O) groups excluding carboxylic acids is 3. The highest BCUT2D eigenvalue weighted by Crippen LogP contribution is 2.19. The van der Waals surface area contributed by atoms with Crippen LogP contribution in [0.3, 0.4) is 0 Å². The summed E-state index contributed by atoms with van der Waals surface area (Å²) in [6.07, 6.45) is 1.31. The number of H-pyrrole nitrogens is 1. The highest BCUT2D eigenvalue weighted by Gasteiger charge is 2.29. The lowest BCUT2D eigenvalue weighted by Crippen LogP contribution is -2.53. The number of hydrogen-bond acceptors (Lipinski definition) is 5. The Balaban J connectivity index is 2.19. The van der Waals surface area contributed by atoms with Crippen LogP contribution in [-0.4, -0.2) is 46.2 Å². The van der Waals surface area contributed by atoms with Crippen LogP contribution in [0, 0.1) is 0 Å². The number of esters is 1. The van der Waals surface area contributed by atoms with Crippen molar-refractivity contribution >= 4 is 28.9 Å². The van der Waals surface area contributed by atoms with Gasteiger partial charge < -0.3 is 25.1 Å². The van der Waals surface area contributed by atoms with Gasteiger partial charge in [-0.15, -0.1) is 0 Å². The van der Waals surface area contributed by atoms with Crippen LogP contribution < -0.4 is 10.6 Å². The molecular formula is C23H33N3O5. The molecule has 0 saturated heterocycles. The summed E-state index contributed by atoms with van der Waals surface area (Å²) in [5.74, 6) is -1.06. The summed E-state index contributed by atoms with van der Waals surface area (Å²) < 4.78 is 10.6. The van der Waals surface area contributed by atoms with Crippen molar-refractivity contribution in [3.8, 4) is 0 Å². The van der Waals surface area contributed by atoms with E-state index in [2.05, 4.69) is 15.6 Å². The largest absolute Gasteiger partial charge is 0.458 e. The predicted octanol–water partition coefficient (Wildman–Crippen LogP) is 3.45. The van der Waals surface area contributed by atoms with Gasteiger partial charge in [-0.2, -0.15) is 0 Å². The number of amides is 2. The first-order chi connectivity index (χ1) is 14.2. The van der Waals surface area contributed by atoms with Crippen LogP contribution >= 0.6 is 0 Å². The van der Waals surface area contributed by atoms with Crippen LogP contribution in [0.1, 0.15) is 54.0 Å². The van der Waals surface area contributed by atoms with Crippen molar-refractivity contribution in [1.82, 2.24) is 15.6 Å². The van der Waals surface area contributed by atoms with E-state index in [-0.39, 0.29) is 6.42 Å². The molecule has 170 valence electrons. The van der Waals surface area contributed by atoms with Gasteiger partial charge in [-0.25, -0.2) is 9.59 Å². The van der Waals surface area contributed by atoms with Crippen molar-refractivity contribution in [3.63, 3.8) is 0 Å². The highest BCUT2D eigenvalue weighted by atomic mass is 16.6. The molecule has 31 heavy (non-hydrogen) atoms. The number of carbonyl (C=O) groups is 3. The van der Waals surface area contributed by atoms with E-state index in [1.807, 2.05) is 24.3 Å². The van der Waals surface area contributed by atoms with E-state index in [1.165, 1.54) is 0 Å². The number of hydrogen-bond donors (Lipinski definition) is 3. The van der Waals surface area contributed by atoms with E-state index in [4.69, 9.17) is 9.47 Å². The van der Waals surface area contributed by atoms with Crippen molar-refractivity contribution in [2.45, 2.75) is 78.2 Å². The Morgan fingerprint density at radius 3 is 2.19 bits per heavy atom. The van der Waals surface area contributed by atoms with Gasteiger partial charge in [0.1, 0.15) is 23.3 Å². The summed E-state index contributed by atoms with van der Waals surface area (Å²) in [6.45, 7) is 12.0. The minimum absolute atomic E-state index is 0.218. The van der Waals surface area contributed by atoms with Crippen molar-refractivity contribution in [3.05, 3.63) is 36.0 Å². The number of nitrogens with one attached hydrogen (secondary N) is 3. The number of aromatic nitrogens is 1. The fourth-order valence-corrected chi connectivity index (χ4v) is 2.94. The quantitative estimate of drug-likeness (QED) is 0.607. The number of rotatable bonds is 6. The zero-order valence-corrected chi connectivity index (χ0v) is 19.3. The number of fused-ring (bicyclic) bond motifs is 1. The minimum Gasteiger partial charge on any atom is -0.458 e. The molecule has 0 bridgehead atoms. The van der Waals surface area contributed by atoms with E-state index in [9.17, 15) is 14.4 Å². The standard InChI is InChI=1S/C23H33N3O5/c1-14(20(28)30-22(2,3)4)25-19(27)18(26-21(29)31-23(5,6)7)12-15-13-24-17-11-9-8-10-16(15)17/h8-11,13-14,18,24H,12H2,1-7H3,(H,25,27)(H,26,29). The third kappa shape index (κ3) is 7.62. The molecule has 0 aliphatic rings. The van der Waals surface area contributed by atoms with E-state index in [0.29, 0.717) is 0 Å². The number of benzene rings is 1. The van der Waals surface area contributed by atoms with Gasteiger partial charge in [0, 0.05) is 23.5 Å². The van der Waals surface area contributed by atoms with Gasteiger partial charge >= 0.3 is 12.1 Å². The SMILES string of the molecule is CC(NC(=O)C(Cc1c[nH]c2ccccc12)NC(=O)OC(C)(C)C)C(=O)OC(C)(C)C. The first kappa shape index (κ1) is 24.2. The van der Waals surface area contributed by atoms with Gasteiger partial charge in [0.25, 0.3) is 0 Å². The summed E-state index contributed by atoms with van der Waals surface area (Å²) in [4.78, 5) is 40.8. The van der Waals surface area contributed by atoms with E-state index in [0.717, 1.165) is 16.5 Å². The molecule has 0 aliphatic carbocycles. The Labute approximate surface area is 183 Å². The maximum absolute atomic E-state index is 13.0. The molecule has 1 heterocycles. The number of ether oxygens (including phenoxy) is 2. The second kappa shape index (κ2) is 9.41. The Morgan fingerprint density at radius 1 is 0.968 bits per heavy atom. The van der Waals surface area contributed by atoms with E-state index in [1.54, 1.807) is 54.7 Å². The average Bonchev–Trinajstić information content (AvgIpc) is 3.01. The molecule has 0 aliphatic heterocycles. The third-order valence-electron chi connectivity index (χ3n) is 4.23. The third-order valence-corrected chi connectivity index (χ3v) is 4.23. The lowest BCUT2D eigenvalue weighted by molar-refractivity contribution is -0.158. The molecule has 2 atom stereocenters. The van der Waals surface area contributed by atoms with Crippen LogP contribution in [-0.2, 0) is 25.5 Å². The molecule has 3 N–H and O–H groups in total. The second-order valence-electron chi connectivity index (χ2n) is 9.53. The van der Waals surface area contributed by atoms with Gasteiger partial charge in [0.05, 0.1) is 0 Å². The lowest BCUT2D eigenvalue weighted by atomic mass is 10.0. The van der Waals surface area contributed by atoms with Crippen LogP contribution in [0.5, 0.6) is 0 Å².